The zero-order chi connectivity index (χ0) is 14.6. The first-order valence-electron chi connectivity index (χ1n) is 7.67. The van der Waals surface area contributed by atoms with E-state index >= 15 is 0 Å². The van der Waals surface area contributed by atoms with Gasteiger partial charge in [-0.1, -0.05) is 25.7 Å². The van der Waals surface area contributed by atoms with E-state index in [-0.39, 0.29) is 18.6 Å². The predicted molar refractivity (Wildman–Crippen MR) is 74.3 cm³/mol. The highest BCUT2D eigenvalue weighted by atomic mass is 16.5. The molecule has 0 saturated heterocycles. The fraction of sp³-hybridized carbons (Fsp3) is 0.867. The van der Waals surface area contributed by atoms with Crippen molar-refractivity contribution in [2.45, 2.75) is 69.9 Å². The van der Waals surface area contributed by atoms with Crippen molar-refractivity contribution in [2.24, 2.45) is 5.92 Å². The van der Waals surface area contributed by atoms with Gasteiger partial charge in [-0.25, -0.2) is 0 Å². The van der Waals surface area contributed by atoms with Gasteiger partial charge >= 0.3 is 5.97 Å². The van der Waals surface area contributed by atoms with Crippen LogP contribution in [0.5, 0.6) is 0 Å². The van der Waals surface area contributed by atoms with Crippen molar-refractivity contribution < 1.29 is 19.4 Å². The van der Waals surface area contributed by atoms with Gasteiger partial charge in [-0.2, -0.15) is 0 Å². The van der Waals surface area contributed by atoms with Gasteiger partial charge in [0.05, 0.1) is 17.6 Å². The standard InChI is InChI=1S/C15H25NO4/c1-15(9-5-4-8-12(15)14(18)19)16-13(17)10-20-11-6-2-3-7-11/h11-12H,2-10H2,1H3,(H,16,17)(H,18,19). The largest absolute Gasteiger partial charge is 0.481 e. The molecule has 0 aromatic carbocycles. The molecule has 0 aliphatic heterocycles. The number of nitrogens with one attached hydrogen (secondary N) is 1. The molecule has 5 nitrogen and oxygen atoms in total. The molecule has 2 rings (SSSR count). The summed E-state index contributed by atoms with van der Waals surface area (Å²) in [5, 5.41) is 12.2. The minimum atomic E-state index is -0.816. The summed E-state index contributed by atoms with van der Waals surface area (Å²) in [4.78, 5) is 23.3. The van der Waals surface area contributed by atoms with Crippen molar-refractivity contribution >= 4 is 11.9 Å². The van der Waals surface area contributed by atoms with E-state index in [1.807, 2.05) is 6.92 Å². The summed E-state index contributed by atoms with van der Waals surface area (Å²) in [5.74, 6) is -1.50. The molecule has 2 aliphatic rings. The summed E-state index contributed by atoms with van der Waals surface area (Å²) in [6.45, 7) is 1.89. The van der Waals surface area contributed by atoms with Crippen LogP contribution in [0.2, 0.25) is 0 Å². The van der Waals surface area contributed by atoms with Crippen molar-refractivity contribution in [2.75, 3.05) is 6.61 Å². The van der Waals surface area contributed by atoms with Crippen molar-refractivity contribution in [3.8, 4) is 0 Å². The summed E-state index contributed by atoms with van der Waals surface area (Å²) >= 11 is 0. The van der Waals surface area contributed by atoms with Gasteiger partial charge < -0.3 is 15.2 Å². The summed E-state index contributed by atoms with van der Waals surface area (Å²) in [6, 6.07) is 0. The van der Waals surface area contributed by atoms with Crippen LogP contribution in [0.3, 0.4) is 0 Å². The van der Waals surface area contributed by atoms with E-state index in [0.29, 0.717) is 6.42 Å². The molecule has 2 atom stereocenters. The summed E-state index contributed by atoms with van der Waals surface area (Å²) in [6.07, 6.45) is 7.84. The average molecular weight is 283 g/mol. The molecule has 5 heteroatoms. The number of rotatable bonds is 5. The van der Waals surface area contributed by atoms with Crippen LogP contribution in [0, 0.1) is 5.92 Å². The SMILES string of the molecule is CC1(NC(=O)COC2CCCC2)CCCCC1C(=O)O. The number of carbonyl (C=O) groups excluding carboxylic acids is 1. The normalized spacial score (nSPS) is 31.1. The van der Waals surface area contributed by atoms with Crippen LogP contribution in [0.4, 0.5) is 0 Å². The second kappa shape index (κ2) is 6.57. The lowest BCUT2D eigenvalue weighted by Gasteiger charge is -2.39. The van der Waals surface area contributed by atoms with Crippen molar-refractivity contribution in [1.82, 2.24) is 5.32 Å². The third kappa shape index (κ3) is 3.72. The first-order chi connectivity index (χ1) is 9.51. The molecule has 20 heavy (non-hydrogen) atoms. The Balaban J connectivity index is 1.85. The van der Waals surface area contributed by atoms with Crippen LogP contribution in [0.15, 0.2) is 0 Å². The van der Waals surface area contributed by atoms with Crippen LogP contribution in [0.25, 0.3) is 0 Å². The van der Waals surface area contributed by atoms with E-state index in [2.05, 4.69) is 5.32 Å². The van der Waals surface area contributed by atoms with Crippen LogP contribution in [-0.4, -0.2) is 35.2 Å². The Morgan fingerprint density at radius 3 is 2.50 bits per heavy atom. The lowest BCUT2D eigenvalue weighted by Crippen LogP contribution is -2.56. The summed E-state index contributed by atoms with van der Waals surface area (Å²) in [7, 11) is 0. The number of carbonyl (C=O) groups is 2. The molecule has 0 aromatic heterocycles. The van der Waals surface area contributed by atoms with E-state index in [1.54, 1.807) is 0 Å². The number of aliphatic carboxylic acids is 1. The molecule has 0 aromatic rings. The van der Waals surface area contributed by atoms with Gasteiger partial charge in [-0.05, 0) is 32.6 Å². The van der Waals surface area contributed by atoms with Crippen LogP contribution < -0.4 is 5.32 Å². The van der Waals surface area contributed by atoms with Gasteiger partial charge in [0.2, 0.25) is 5.91 Å². The molecule has 114 valence electrons. The lowest BCUT2D eigenvalue weighted by molar-refractivity contribution is -0.147. The first-order valence-corrected chi connectivity index (χ1v) is 7.67. The minimum Gasteiger partial charge on any atom is -0.481 e. The second-order valence-electron chi connectivity index (χ2n) is 6.32. The Kier molecular flexibility index (Phi) is 5.02. The summed E-state index contributed by atoms with van der Waals surface area (Å²) < 4.78 is 5.59. The number of hydrogen-bond acceptors (Lipinski definition) is 3. The molecule has 2 saturated carbocycles. The fourth-order valence-electron chi connectivity index (χ4n) is 3.48. The number of amides is 1. The zero-order valence-electron chi connectivity index (χ0n) is 12.2. The number of carboxylic acid groups (broad SMARTS) is 1. The highest BCUT2D eigenvalue weighted by Crippen LogP contribution is 2.33. The zero-order valence-corrected chi connectivity index (χ0v) is 12.2. The van der Waals surface area contributed by atoms with Gasteiger partial charge in [-0.15, -0.1) is 0 Å². The molecule has 0 spiro atoms. The maximum atomic E-state index is 12.0. The molecule has 2 N–H and O–H groups in total. The molecule has 0 bridgehead atoms. The maximum Gasteiger partial charge on any atom is 0.308 e. The van der Waals surface area contributed by atoms with E-state index in [1.165, 1.54) is 12.8 Å². The molecule has 0 radical (unpaired) electrons. The molecule has 2 fully saturated rings. The van der Waals surface area contributed by atoms with Gasteiger partial charge in [0, 0.05) is 0 Å². The Labute approximate surface area is 120 Å². The lowest BCUT2D eigenvalue weighted by atomic mass is 9.74. The van der Waals surface area contributed by atoms with E-state index < -0.39 is 17.4 Å². The monoisotopic (exact) mass is 283 g/mol. The molecule has 2 unspecified atom stereocenters. The maximum absolute atomic E-state index is 12.0. The third-order valence-corrected chi connectivity index (χ3v) is 4.68. The van der Waals surface area contributed by atoms with Crippen molar-refractivity contribution in [3.63, 3.8) is 0 Å². The number of ether oxygens (including phenoxy) is 1. The van der Waals surface area contributed by atoms with E-state index in [9.17, 15) is 14.7 Å². The molecule has 1 amide bonds. The van der Waals surface area contributed by atoms with Gasteiger partial charge in [0.15, 0.2) is 0 Å². The van der Waals surface area contributed by atoms with Gasteiger partial charge in [-0.3, -0.25) is 9.59 Å². The minimum absolute atomic E-state index is 0.0482. The van der Waals surface area contributed by atoms with E-state index in [0.717, 1.165) is 32.1 Å². The van der Waals surface area contributed by atoms with Crippen LogP contribution >= 0.6 is 0 Å². The summed E-state index contributed by atoms with van der Waals surface area (Å²) in [5.41, 5.74) is -0.639. The molecular weight excluding hydrogens is 258 g/mol. The highest BCUT2D eigenvalue weighted by molar-refractivity contribution is 5.80. The Morgan fingerprint density at radius 2 is 1.85 bits per heavy atom. The first kappa shape index (κ1) is 15.3. The topological polar surface area (TPSA) is 75.6 Å². The van der Waals surface area contributed by atoms with Gasteiger partial charge in [0.25, 0.3) is 0 Å². The van der Waals surface area contributed by atoms with Crippen molar-refractivity contribution in [1.29, 1.82) is 0 Å². The number of carboxylic acids is 1. The van der Waals surface area contributed by atoms with E-state index in [4.69, 9.17) is 4.74 Å². The highest BCUT2D eigenvalue weighted by Gasteiger charge is 2.42. The average Bonchev–Trinajstić information content (AvgIpc) is 2.89. The van der Waals surface area contributed by atoms with Crippen LogP contribution in [-0.2, 0) is 14.3 Å². The van der Waals surface area contributed by atoms with Crippen LogP contribution in [0.1, 0.15) is 58.3 Å². The molecular formula is C15H25NO4. The quantitative estimate of drug-likeness (QED) is 0.810. The number of hydrogen-bond donors (Lipinski definition) is 2. The smallest absolute Gasteiger partial charge is 0.308 e. The van der Waals surface area contributed by atoms with Gasteiger partial charge in [0.1, 0.15) is 6.61 Å². The van der Waals surface area contributed by atoms with Crippen molar-refractivity contribution in [3.05, 3.63) is 0 Å². The predicted octanol–water partition coefficient (Wildman–Crippen LogP) is 2.10. The third-order valence-electron chi connectivity index (χ3n) is 4.68. The Morgan fingerprint density at radius 1 is 1.20 bits per heavy atom. The second-order valence-corrected chi connectivity index (χ2v) is 6.32. The molecule has 0 heterocycles. The Bertz CT molecular complexity index is 365. The Hall–Kier alpha value is -1.10. The molecule has 2 aliphatic carbocycles. The fourth-order valence-corrected chi connectivity index (χ4v) is 3.48.